The van der Waals surface area contributed by atoms with Crippen LogP contribution in [-0.4, -0.2) is 17.8 Å². The van der Waals surface area contributed by atoms with E-state index in [2.05, 4.69) is 21.2 Å². The Kier molecular flexibility index (Phi) is 6.33. The first-order chi connectivity index (χ1) is 9.29. The van der Waals surface area contributed by atoms with Crippen molar-refractivity contribution in [2.75, 3.05) is 11.9 Å². The van der Waals surface area contributed by atoms with Crippen LogP contribution in [0.1, 0.15) is 32.3 Å². The van der Waals surface area contributed by atoms with E-state index in [1.165, 1.54) is 12.1 Å². The summed E-state index contributed by atoms with van der Waals surface area (Å²) in [5, 5.41) is 12.7. The summed E-state index contributed by atoms with van der Waals surface area (Å²) in [7, 11) is 0. The number of anilines is 1. The molecule has 0 fully saturated rings. The summed E-state index contributed by atoms with van der Waals surface area (Å²) in [6.07, 6.45) is -3.48. The lowest BCUT2D eigenvalue weighted by molar-refractivity contribution is -0.137. The highest BCUT2D eigenvalue weighted by molar-refractivity contribution is 9.10. The SMILES string of the molecule is CCC(CC)C(O)CNc1cc(Br)ccc1C(F)(F)F. The summed E-state index contributed by atoms with van der Waals surface area (Å²) in [4.78, 5) is 0. The molecule has 0 radical (unpaired) electrons. The lowest BCUT2D eigenvalue weighted by Gasteiger charge is -2.22. The van der Waals surface area contributed by atoms with Gasteiger partial charge in [-0.3, -0.25) is 0 Å². The van der Waals surface area contributed by atoms with Crippen molar-refractivity contribution in [2.24, 2.45) is 5.92 Å². The van der Waals surface area contributed by atoms with E-state index < -0.39 is 17.8 Å². The Hall–Kier alpha value is -0.750. The van der Waals surface area contributed by atoms with Crippen molar-refractivity contribution in [3.05, 3.63) is 28.2 Å². The summed E-state index contributed by atoms with van der Waals surface area (Å²) in [5.74, 6) is 0.0870. The molecule has 2 nitrogen and oxygen atoms in total. The highest BCUT2D eigenvalue weighted by Crippen LogP contribution is 2.36. The average Bonchev–Trinajstić information content (AvgIpc) is 2.36. The number of halogens is 4. The molecule has 0 spiro atoms. The van der Waals surface area contributed by atoms with Crippen LogP contribution in [0.3, 0.4) is 0 Å². The van der Waals surface area contributed by atoms with Gasteiger partial charge in [-0.2, -0.15) is 13.2 Å². The van der Waals surface area contributed by atoms with E-state index in [-0.39, 0.29) is 18.2 Å². The Bertz CT molecular complexity index is 433. The van der Waals surface area contributed by atoms with Crippen molar-refractivity contribution in [2.45, 2.75) is 39.0 Å². The summed E-state index contributed by atoms with van der Waals surface area (Å²) in [6.45, 7) is 4.02. The van der Waals surface area contributed by atoms with Crippen LogP contribution in [-0.2, 0) is 6.18 Å². The van der Waals surface area contributed by atoms with Crippen LogP contribution in [0, 0.1) is 5.92 Å². The van der Waals surface area contributed by atoms with Crippen LogP contribution in [0.4, 0.5) is 18.9 Å². The Morgan fingerprint density at radius 1 is 1.25 bits per heavy atom. The van der Waals surface area contributed by atoms with Crippen molar-refractivity contribution in [1.82, 2.24) is 0 Å². The van der Waals surface area contributed by atoms with Gasteiger partial charge in [-0.25, -0.2) is 0 Å². The van der Waals surface area contributed by atoms with Gasteiger partial charge in [0.1, 0.15) is 0 Å². The van der Waals surface area contributed by atoms with Gasteiger partial charge in [-0.1, -0.05) is 42.6 Å². The number of nitrogens with one attached hydrogen (secondary N) is 1. The van der Waals surface area contributed by atoms with Gasteiger partial charge >= 0.3 is 6.18 Å². The molecule has 0 aliphatic heterocycles. The van der Waals surface area contributed by atoms with Crippen LogP contribution in [0.2, 0.25) is 0 Å². The number of rotatable bonds is 6. The topological polar surface area (TPSA) is 32.3 Å². The molecule has 0 aliphatic rings. The number of benzene rings is 1. The molecule has 1 aromatic carbocycles. The molecule has 0 amide bonds. The van der Waals surface area contributed by atoms with E-state index in [1.54, 1.807) is 0 Å². The normalized spacial score (nSPS) is 13.6. The van der Waals surface area contributed by atoms with E-state index in [9.17, 15) is 18.3 Å². The average molecular weight is 354 g/mol. The fourth-order valence-electron chi connectivity index (χ4n) is 2.12. The first-order valence-corrected chi connectivity index (χ1v) is 7.37. The smallest absolute Gasteiger partial charge is 0.391 e. The van der Waals surface area contributed by atoms with Gasteiger partial charge in [-0.15, -0.1) is 0 Å². The molecule has 0 saturated carbocycles. The zero-order valence-electron chi connectivity index (χ0n) is 11.5. The Labute approximate surface area is 125 Å². The molecule has 0 aliphatic carbocycles. The van der Waals surface area contributed by atoms with Crippen molar-refractivity contribution in [1.29, 1.82) is 0 Å². The van der Waals surface area contributed by atoms with E-state index >= 15 is 0 Å². The lowest BCUT2D eigenvalue weighted by atomic mass is 9.96. The van der Waals surface area contributed by atoms with E-state index in [0.717, 1.165) is 18.9 Å². The van der Waals surface area contributed by atoms with Gasteiger partial charge < -0.3 is 10.4 Å². The predicted octanol–water partition coefficient (Wildman–Crippen LogP) is 4.68. The molecule has 0 heterocycles. The van der Waals surface area contributed by atoms with Crippen LogP contribution in [0.5, 0.6) is 0 Å². The van der Waals surface area contributed by atoms with Crippen LogP contribution >= 0.6 is 15.9 Å². The summed E-state index contributed by atoms with van der Waals surface area (Å²) in [6, 6.07) is 3.75. The van der Waals surface area contributed by atoms with Gasteiger partial charge in [0.25, 0.3) is 0 Å². The zero-order valence-corrected chi connectivity index (χ0v) is 13.1. The lowest BCUT2D eigenvalue weighted by Crippen LogP contribution is -2.28. The standard InChI is InChI=1S/C14H19BrF3NO/c1-3-9(4-2)13(20)8-19-12-7-10(15)5-6-11(12)14(16,17)18/h5-7,9,13,19-20H,3-4,8H2,1-2H3. The second-order valence-corrected chi connectivity index (χ2v) is 5.63. The quantitative estimate of drug-likeness (QED) is 0.778. The number of hydrogen-bond donors (Lipinski definition) is 2. The summed E-state index contributed by atoms with van der Waals surface area (Å²) >= 11 is 3.16. The maximum Gasteiger partial charge on any atom is 0.418 e. The molecule has 2 N–H and O–H groups in total. The minimum absolute atomic E-state index is 0.0168. The highest BCUT2D eigenvalue weighted by atomic mass is 79.9. The third-order valence-electron chi connectivity index (χ3n) is 3.38. The van der Waals surface area contributed by atoms with Gasteiger partial charge in [0.05, 0.1) is 11.7 Å². The van der Waals surface area contributed by atoms with Gasteiger partial charge in [0, 0.05) is 16.7 Å². The molecule has 114 valence electrons. The highest BCUT2D eigenvalue weighted by Gasteiger charge is 2.33. The second-order valence-electron chi connectivity index (χ2n) is 4.71. The maximum atomic E-state index is 12.9. The molecule has 6 heteroatoms. The van der Waals surface area contributed by atoms with Crippen LogP contribution < -0.4 is 5.32 Å². The maximum absolute atomic E-state index is 12.9. The second kappa shape index (κ2) is 7.31. The minimum Gasteiger partial charge on any atom is -0.391 e. The third kappa shape index (κ3) is 4.66. The molecule has 20 heavy (non-hydrogen) atoms. The fourth-order valence-corrected chi connectivity index (χ4v) is 2.49. The van der Waals surface area contributed by atoms with Crippen molar-refractivity contribution in [3.63, 3.8) is 0 Å². The molecule has 0 bridgehead atoms. The molecular weight excluding hydrogens is 335 g/mol. The fraction of sp³-hybridized carbons (Fsp3) is 0.571. The molecule has 1 atom stereocenters. The Morgan fingerprint density at radius 3 is 2.35 bits per heavy atom. The summed E-state index contributed by atoms with van der Waals surface area (Å²) in [5.41, 5.74) is -0.741. The van der Waals surface area contributed by atoms with Gasteiger partial charge in [0.2, 0.25) is 0 Å². The number of aliphatic hydroxyl groups is 1. The number of alkyl halides is 3. The van der Waals surface area contributed by atoms with Gasteiger partial charge in [-0.05, 0) is 24.1 Å². The Morgan fingerprint density at radius 2 is 1.85 bits per heavy atom. The van der Waals surface area contributed by atoms with E-state index in [0.29, 0.717) is 4.47 Å². The Balaban J connectivity index is 2.84. The van der Waals surface area contributed by atoms with Crippen molar-refractivity contribution < 1.29 is 18.3 Å². The molecular formula is C14H19BrF3NO. The molecule has 1 aromatic rings. The molecule has 0 aromatic heterocycles. The first kappa shape index (κ1) is 17.3. The van der Waals surface area contributed by atoms with E-state index in [4.69, 9.17) is 0 Å². The first-order valence-electron chi connectivity index (χ1n) is 6.58. The monoisotopic (exact) mass is 353 g/mol. The van der Waals surface area contributed by atoms with E-state index in [1.807, 2.05) is 13.8 Å². The molecule has 1 unspecified atom stereocenters. The largest absolute Gasteiger partial charge is 0.418 e. The van der Waals surface area contributed by atoms with Gasteiger partial charge in [0.15, 0.2) is 0 Å². The van der Waals surface area contributed by atoms with Crippen LogP contribution in [0.25, 0.3) is 0 Å². The molecule has 0 saturated heterocycles. The predicted molar refractivity (Wildman–Crippen MR) is 77.7 cm³/mol. The number of hydrogen-bond acceptors (Lipinski definition) is 2. The van der Waals surface area contributed by atoms with Crippen molar-refractivity contribution >= 4 is 21.6 Å². The number of aliphatic hydroxyl groups excluding tert-OH is 1. The minimum atomic E-state index is -4.41. The third-order valence-corrected chi connectivity index (χ3v) is 3.87. The zero-order chi connectivity index (χ0) is 15.3. The van der Waals surface area contributed by atoms with Crippen molar-refractivity contribution in [3.8, 4) is 0 Å². The molecule has 1 rings (SSSR count). The van der Waals surface area contributed by atoms with Crippen LogP contribution in [0.15, 0.2) is 22.7 Å². The summed E-state index contributed by atoms with van der Waals surface area (Å²) < 4.78 is 39.2.